The lowest BCUT2D eigenvalue weighted by Crippen LogP contribution is -2.39. The SMILES string of the molecule is CC(C(=O)N1CCCCC1)n1cc(CCCN)nn1. The molecule has 1 aromatic rings. The number of nitrogens with zero attached hydrogens (tertiary/aromatic N) is 4. The first-order chi connectivity index (χ1) is 9.22. The summed E-state index contributed by atoms with van der Waals surface area (Å²) in [5.74, 6) is 0.148. The number of likely N-dealkylation sites (tertiary alicyclic amines) is 1. The standard InChI is InChI=1S/C13H23N5O/c1-11(13(19)17-8-3-2-4-9-17)18-10-12(15-16-18)6-5-7-14/h10-11H,2-9,14H2,1H3. The average molecular weight is 265 g/mol. The van der Waals surface area contributed by atoms with Gasteiger partial charge in [-0.3, -0.25) is 4.79 Å². The molecule has 1 saturated heterocycles. The number of rotatable bonds is 5. The van der Waals surface area contributed by atoms with E-state index in [0.717, 1.165) is 44.5 Å². The third-order valence-corrected chi connectivity index (χ3v) is 3.62. The van der Waals surface area contributed by atoms with Crippen LogP contribution in [0.4, 0.5) is 0 Å². The van der Waals surface area contributed by atoms with Crippen LogP contribution in [0.15, 0.2) is 6.20 Å². The van der Waals surface area contributed by atoms with Crippen molar-refractivity contribution in [2.75, 3.05) is 19.6 Å². The molecule has 106 valence electrons. The number of aryl methyl sites for hydroxylation is 1. The molecule has 6 heteroatoms. The normalized spacial score (nSPS) is 17.5. The fourth-order valence-electron chi connectivity index (χ4n) is 2.39. The van der Waals surface area contributed by atoms with Crippen molar-refractivity contribution in [2.45, 2.75) is 45.1 Å². The van der Waals surface area contributed by atoms with Crippen molar-refractivity contribution >= 4 is 5.91 Å². The quantitative estimate of drug-likeness (QED) is 0.852. The van der Waals surface area contributed by atoms with Crippen molar-refractivity contribution in [2.24, 2.45) is 5.73 Å². The van der Waals surface area contributed by atoms with E-state index in [1.165, 1.54) is 6.42 Å². The molecule has 0 radical (unpaired) electrons. The Labute approximate surface area is 113 Å². The molecule has 2 heterocycles. The highest BCUT2D eigenvalue weighted by atomic mass is 16.2. The number of hydrogen-bond donors (Lipinski definition) is 1. The Bertz CT molecular complexity index is 411. The van der Waals surface area contributed by atoms with Gasteiger partial charge in [0.25, 0.3) is 0 Å². The molecule has 0 saturated carbocycles. The number of carbonyl (C=O) groups excluding carboxylic acids is 1. The third kappa shape index (κ3) is 3.53. The first-order valence-corrected chi connectivity index (χ1v) is 7.12. The number of nitrogens with two attached hydrogens (primary N) is 1. The molecule has 1 amide bonds. The predicted octanol–water partition coefficient (Wildman–Crippen LogP) is 0.743. The highest BCUT2D eigenvalue weighted by Gasteiger charge is 2.24. The van der Waals surface area contributed by atoms with Gasteiger partial charge in [-0.15, -0.1) is 5.10 Å². The van der Waals surface area contributed by atoms with Gasteiger partial charge in [0.05, 0.1) is 5.69 Å². The highest BCUT2D eigenvalue weighted by molar-refractivity contribution is 5.80. The maximum absolute atomic E-state index is 12.3. The molecular formula is C13H23N5O. The molecule has 0 aromatic carbocycles. The Morgan fingerprint density at radius 1 is 1.42 bits per heavy atom. The fourth-order valence-corrected chi connectivity index (χ4v) is 2.39. The van der Waals surface area contributed by atoms with E-state index in [-0.39, 0.29) is 11.9 Å². The van der Waals surface area contributed by atoms with Gasteiger partial charge in [-0.2, -0.15) is 0 Å². The lowest BCUT2D eigenvalue weighted by atomic mass is 10.1. The second-order valence-corrected chi connectivity index (χ2v) is 5.14. The van der Waals surface area contributed by atoms with Gasteiger partial charge in [0, 0.05) is 19.3 Å². The van der Waals surface area contributed by atoms with E-state index < -0.39 is 0 Å². The minimum atomic E-state index is -0.266. The molecule has 1 aromatic heterocycles. The van der Waals surface area contributed by atoms with Crippen LogP contribution in [0.1, 0.15) is 44.3 Å². The Kier molecular flexibility index (Phi) is 4.90. The summed E-state index contributed by atoms with van der Waals surface area (Å²) in [7, 11) is 0. The van der Waals surface area contributed by atoms with Crippen molar-refractivity contribution in [3.8, 4) is 0 Å². The molecule has 19 heavy (non-hydrogen) atoms. The Morgan fingerprint density at radius 3 is 2.84 bits per heavy atom. The number of amides is 1. The summed E-state index contributed by atoms with van der Waals surface area (Å²) in [6, 6.07) is -0.266. The van der Waals surface area contributed by atoms with E-state index in [2.05, 4.69) is 10.3 Å². The molecule has 1 unspecified atom stereocenters. The van der Waals surface area contributed by atoms with Crippen molar-refractivity contribution in [3.63, 3.8) is 0 Å². The summed E-state index contributed by atoms with van der Waals surface area (Å²) in [5, 5.41) is 8.15. The van der Waals surface area contributed by atoms with Crippen LogP contribution in [-0.4, -0.2) is 45.4 Å². The largest absolute Gasteiger partial charge is 0.341 e. The van der Waals surface area contributed by atoms with Gasteiger partial charge in [0.2, 0.25) is 5.91 Å². The monoisotopic (exact) mass is 265 g/mol. The van der Waals surface area contributed by atoms with Gasteiger partial charge >= 0.3 is 0 Å². The molecule has 1 atom stereocenters. The summed E-state index contributed by atoms with van der Waals surface area (Å²) in [6.07, 6.45) is 7.02. The van der Waals surface area contributed by atoms with Crippen molar-refractivity contribution in [1.82, 2.24) is 19.9 Å². The second kappa shape index (κ2) is 6.65. The van der Waals surface area contributed by atoms with Gasteiger partial charge in [0.1, 0.15) is 6.04 Å². The first-order valence-electron chi connectivity index (χ1n) is 7.12. The van der Waals surface area contributed by atoms with E-state index in [1.807, 2.05) is 18.0 Å². The second-order valence-electron chi connectivity index (χ2n) is 5.14. The van der Waals surface area contributed by atoms with E-state index in [0.29, 0.717) is 6.54 Å². The molecule has 1 aliphatic rings. The Balaban J connectivity index is 1.95. The average Bonchev–Trinajstić information content (AvgIpc) is 2.93. The van der Waals surface area contributed by atoms with Crippen LogP contribution in [0.2, 0.25) is 0 Å². The van der Waals surface area contributed by atoms with Crippen LogP contribution < -0.4 is 5.73 Å². The summed E-state index contributed by atoms with van der Waals surface area (Å²) < 4.78 is 1.67. The summed E-state index contributed by atoms with van der Waals surface area (Å²) in [5.41, 5.74) is 6.38. The van der Waals surface area contributed by atoms with E-state index in [1.54, 1.807) is 4.68 Å². The van der Waals surface area contributed by atoms with Crippen LogP contribution >= 0.6 is 0 Å². The fraction of sp³-hybridized carbons (Fsp3) is 0.769. The lowest BCUT2D eigenvalue weighted by molar-refractivity contribution is -0.135. The third-order valence-electron chi connectivity index (χ3n) is 3.62. The molecular weight excluding hydrogens is 242 g/mol. The molecule has 0 bridgehead atoms. The summed E-state index contributed by atoms with van der Waals surface area (Å²) >= 11 is 0. The molecule has 2 N–H and O–H groups in total. The van der Waals surface area contributed by atoms with E-state index in [4.69, 9.17) is 5.73 Å². The van der Waals surface area contributed by atoms with E-state index in [9.17, 15) is 4.79 Å². The molecule has 6 nitrogen and oxygen atoms in total. The molecule has 1 fully saturated rings. The van der Waals surface area contributed by atoms with Gasteiger partial charge in [0.15, 0.2) is 0 Å². The van der Waals surface area contributed by atoms with Crippen LogP contribution in [0, 0.1) is 0 Å². The maximum Gasteiger partial charge on any atom is 0.247 e. The van der Waals surface area contributed by atoms with Crippen LogP contribution in [0.3, 0.4) is 0 Å². The topological polar surface area (TPSA) is 77.0 Å². The van der Waals surface area contributed by atoms with Gasteiger partial charge < -0.3 is 10.6 Å². The van der Waals surface area contributed by atoms with E-state index >= 15 is 0 Å². The molecule has 0 spiro atoms. The van der Waals surface area contributed by atoms with Gasteiger partial charge in [-0.1, -0.05) is 5.21 Å². The molecule has 0 aliphatic carbocycles. The Hall–Kier alpha value is -1.43. The Morgan fingerprint density at radius 2 is 2.16 bits per heavy atom. The zero-order valence-electron chi connectivity index (χ0n) is 11.6. The predicted molar refractivity (Wildman–Crippen MR) is 72.5 cm³/mol. The first kappa shape index (κ1) is 14.0. The van der Waals surface area contributed by atoms with Gasteiger partial charge in [-0.05, 0) is 45.6 Å². The zero-order valence-corrected chi connectivity index (χ0v) is 11.6. The number of piperidine rings is 1. The van der Waals surface area contributed by atoms with Crippen molar-refractivity contribution < 1.29 is 4.79 Å². The minimum Gasteiger partial charge on any atom is -0.341 e. The van der Waals surface area contributed by atoms with Crippen LogP contribution in [0.5, 0.6) is 0 Å². The number of aromatic nitrogens is 3. The van der Waals surface area contributed by atoms with Crippen LogP contribution in [-0.2, 0) is 11.2 Å². The summed E-state index contributed by atoms with van der Waals surface area (Å²) in [6.45, 7) is 4.28. The van der Waals surface area contributed by atoms with Gasteiger partial charge in [-0.25, -0.2) is 4.68 Å². The zero-order chi connectivity index (χ0) is 13.7. The number of carbonyl (C=O) groups is 1. The molecule has 2 rings (SSSR count). The number of hydrogen-bond acceptors (Lipinski definition) is 4. The van der Waals surface area contributed by atoms with Crippen molar-refractivity contribution in [1.29, 1.82) is 0 Å². The lowest BCUT2D eigenvalue weighted by Gasteiger charge is -2.29. The summed E-state index contributed by atoms with van der Waals surface area (Å²) in [4.78, 5) is 14.3. The van der Waals surface area contributed by atoms with Crippen LogP contribution in [0.25, 0.3) is 0 Å². The minimum absolute atomic E-state index is 0.148. The highest BCUT2D eigenvalue weighted by Crippen LogP contribution is 2.15. The van der Waals surface area contributed by atoms with Crippen molar-refractivity contribution in [3.05, 3.63) is 11.9 Å². The molecule has 1 aliphatic heterocycles. The maximum atomic E-state index is 12.3. The smallest absolute Gasteiger partial charge is 0.247 e.